The van der Waals surface area contributed by atoms with Gasteiger partial charge in [-0.05, 0) is 53.9 Å². The highest BCUT2D eigenvalue weighted by molar-refractivity contribution is 7.22. The molecule has 0 spiro atoms. The van der Waals surface area contributed by atoms with E-state index in [1.165, 1.54) is 27.5 Å². The normalized spacial score (nSPS) is 22.3. The van der Waals surface area contributed by atoms with Crippen molar-refractivity contribution in [3.8, 4) is 9.75 Å². The zero-order valence-corrected chi connectivity index (χ0v) is 23.1. The monoisotopic (exact) mass is 464 g/mol. The van der Waals surface area contributed by atoms with E-state index in [1.54, 1.807) is 4.88 Å². The zero-order valence-electron chi connectivity index (χ0n) is 21.4. The first-order valence-electron chi connectivity index (χ1n) is 12.0. The third-order valence-corrected chi connectivity index (χ3v) is 9.28. The predicted octanol–water partition coefficient (Wildman–Crippen LogP) is 9.53. The largest absolute Gasteiger partial charge is 0.347 e. The van der Waals surface area contributed by atoms with Crippen molar-refractivity contribution >= 4 is 22.7 Å². The topological polar surface area (TPSA) is 18.5 Å². The van der Waals surface area contributed by atoms with E-state index in [-0.39, 0.29) is 11.7 Å². The van der Waals surface area contributed by atoms with Crippen LogP contribution in [0, 0.1) is 16.2 Å². The second kappa shape index (κ2) is 10.5. The summed E-state index contributed by atoms with van der Waals surface area (Å²) < 4.78 is 11.9. The molecular formula is C27H44O2S2. The van der Waals surface area contributed by atoms with Gasteiger partial charge in [0, 0.05) is 20.0 Å². The molecule has 0 N–H and O–H groups in total. The maximum Gasteiger partial charge on any atom is 0.193 e. The average Bonchev–Trinajstić information content (AvgIpc) is 3.43. The minimum Gasteiger partial charge on any atom is -0.347 e. The van der Waals surface area contributed by atoms with E-state index in [4.69, 9.17) is 9.47 Å². The Kier molecular flexibility index (Phi) is 9.00. The summed E-state index contributed by atoms with van der Waals surface area (Å²) in [6.45, 7) is 23.6. The van der Waals surface area contributed by atoms with Crippen molar-refractivity contribution in [2.24, 2.45) is 16.2 Å². The molecule has 0 aromatic carbocycles. The third-order valence-electron chi connectivity index (χ3n) is 6.73. The third kappa shape index (κ3) is 6.01. The molecule has 0 bridgehead atoms. The Morgan fingerprint density at radius 1 is 0.677 bits per heavy atom. The van der Waals surface area contributed by atoms with Crippen molar-refractivity contribution in [1.82, 2.24) is 0 Å². The van der Waals surface area contributed by atoms with Gasteiger partial charge in [-0.3, -0.25) is 0 Å². The Balaban J connectivity index is 0.000000807. The summed E-state index contributed by atoms with van der Waals surface area (Å²) >= 11 is 3.78. The first-order chi connectivity index (χ1) is 14.6. The smallest absolute Gasteiger partial charge is 0.193 e. The van der Waals surface area contributed by atoms with Crippen LogP contribution < -0.4 is 0 Å². The van der Waals surface area contributed by atoms with Crippen molar-refractivity contribution in [1.29, 1.82) is 0 Å². The van der Waals surface area contributed by atoms with Gasteiger partial charge in [-0.15, -0.1) is 22.7 Å². The van der Waals surface area contributed by atoms with Crippen molar-refractivity contribution in [2.75, 3.05) is 13.2 Å². The van der Waals surface area contributed by atoms with E-state index in [0.29, 0.717) is 16.7 Å². The van der Waals surface area contributed by atoms with Crippen LogP contribution in [-0.2, 0) is 9.47 Å². The van der Waals surface area contributed by atoms with Crippen LogP contribution in [0.5, 0.6) is 0 Å². The van der Waals surface area contributed by atoms with Crippen LogP contribution in [-0.4, -0.2) is 13.2 Å². The second-order valence-electron chi connectivity index (χ2n) is 10.4. The Hall–Kier alpha value is -0.680. The lowest BCUT2D eigenvalue weighted by molar-refractivity contribution is -0.224. The molecule has 1 aliphatic heterocycles. The summed E-state index contributed by atoms with van der Waals surface area (Å²) in [6.07, 6.45) is 2.37. The van der Waals surface area contributed by atoms with Gasteiger partial charge in [0.15, 0.2) is 6.29 Å². The van der Waals surface area contributed by atoms with Crippen LogP contribution in [0.4, 0.5) is 0 Å². The molecule has 4 rings (SSSR count). The molecular weight excluding hydrogens is 420 g/mol. The molecule has 176 valence electrons. The van der Waals surface area contributed by atoms with Gasteiger partial charge in [-0.25, -0.2) is 0 Å². The first-order valence-corrected chi connectivity index (χ1v) is 13.6. The number of rotatable bonds is 3. The van der Waals surface area contributed by atoms with Crippen LogP contribution in [0.15, 0.2) is 24.3 Å². The number of hydrogen-bond donors (Lipinski definition) is 0. The Morgan fingerprint density at radius 2 is 1.10 bits per heavy atom. The lowest BCUT2D eigenvalue weighted by Gasteiger charge is -2.34. The zero-order chi connectivity index (χ0) is 23.4. The summed E-state index contributed by atoms with van der Waals surface area (Å²) in [5.41, 5.74) is 0.921. The van der Waals surface area contributed by atoms with E-state index in [0.717, 1.165) is 13.2 Å². The molecule has 4 heteroatoms. The summed E-state index contributed by atoms with van der Waals surface area (Å²) in [7, 11) is 0. The molecule has 0 radical (unpaired) electrons. The summed E-state index contributed by atoms with van der Waals surface area (Å²) in [4.78, 5) is 5.43. The van der Waals surface area contributed by atoms with Crippen LogP contribution in [0.3, 0.4) is 0 Å². The number of hydrogen-bond acceptors (Lipinski definition) is 4. The summed E-state index contributed by atoms with van der Waals surface area (Å²) in [5, 5.41) is 0. The molecule has 1 saturated heterocycles. The molecule has 3 heterocycles. The van der Waals surface area contributed by atoms with E-state index >= 15 is 0 Å². The fourth-order valence-electron chi connectivity index (χ4n) is 4.23. The van der Waals surface area contributed by atoms with Crippen molar-refractivity contribution in [3.63, 3.8) is 0 Å². The quantitative estimate of drug-likeness (QED) is 0.450. The van der Waals surface area contributed by atoms with Crippen molar-refractivity contribution in [3.05, 3.63) is 34.0 Å². The number of thiophene rings is 2. The average molecular weight is 465 g/mol. The molecule has 2 fully saturated rings. The molecule has 2 aromatic rings. The molecule has 0 unspecified atom stereocenters. The Morgan fingerprint density at radius 3 is 1.58 bits per heavy atom. The van der Waals surface area contributed by atoms with Gasteiger partial charge in [0.25, 0.3) is 0 Å². The van der Waals surface area contributed by atoms with Gasteiger partial charge in [0.05, 0.1) is 18.1 Å². The highest BCUT2D eigenvalue weighted by Crippen LogP contribution is 2.58. The van der Waals surface area contributed by atoms with Crippen LogP contribution >= 0.6 is 22.7 Å². The van der Waals surface area contributed by atoms with Gasteiger partial charge < -0.3 is 9.47 Å². The van der Waals surface area contributed by atoms with Gasteiger partial charge in [-0.1, -0.05) is 69.2 Å². The molecule has 0 atom stereocenters. The van der Waals surface area contributed by atoms with Crippen molar-refractivity contribution < 1.29 is 9.47 Å². The highest BCUT2D eigenvalue weighted by Gasteiger charge is 2.46. The molecule has 1 saturated carbocycles. The highest BCUT2D eigenvalue weighted by atomic mass is 32.1. The van der Waals surface area contributed by atoms with Crippen LogP contribution in [0.1, 0.15) is 104 Å². The van der Waals surface area contributed by atoms with E-state index in [1.807, 2.05) is 50.4 Å². The molecule has 31 heavy (non-hydrogen) atoms. The minimum atomic E-state index is -0.201. The minimum absolute atomic E-state index is 0.113. The van der Waals surface area contributed by atoms with E-state index < -0.39 is 0 Å². The molecule has 1 aliphatic carbocycles. The maximum atomic E-state index is 5.95. The lowest BCUT2D eigenvalue weighted by Crippen LogP contribution is -2.33. The molecule has 2 aromatic heterocycles. The Bertz CT molecular complexity index is 787. The summed E-state index contributed by atoms with van der Waals surface area (Å²) in [5.74, 6) is 0.695. The van der Waals surface area contributed by atoms with Crippen LogP contribution in [0.2, 0.25) is 0 Å². The van der Waals surface area contributed by atoms with Crippen molar-refractivity contribution in [2.45, 2.75) is 94.3 Å². The first kappa shape index (κ1) is 26.6. The fraction of sp³-hybridized carbons (Fsp3) is 0.704. The molecule has 0 amide bonds. The molecule has 2 aliphatic rings. The lowest BCUT2D eigenvalue weighted by atomic mass is 9.71. The van der Waals surface area contributed by atoms with Gasteiger partial charge in [0.1, 0.15) is 0 Å². The fourth-order valence-corrected chi connectivity index (χ4v) is 6.44. The SMILES string of the molecule is CC.CC.CC1(C)COC(c2ccc(-c3ccc(C4CC(C)(C)C(C)(C)C4)s3)s2)OC1. The van der Waals surface area contributed by atoms with Crippen LogP contribution in [0.25, 0.3) is 9.75 Å². The van der Waals surface area contributed by atoms with Gasteiger partial charge in [-0.2, -0.15) is 0 Å². The molecule has 2 nitrogen and oxygen atoms in total. The van der Waals surface area contributed by atoms with Gasteiger partial charge in [0.2, 0.25) is 0 Å². The summed E-state index contributed by atoms with van der Waals surface area (Å²) in [6, 6.07) is 9.06. The second-order valence-corrected chi connectivity index (χ2v) is 12.6. The predicted molar refractivity (Wildman–Crippen MR) is 138 cm³/mol. The van der Waals surface area contributed by atoms with E-state index in [9.17, 15) is 0 Å². The number of ether oxygens (including phenoxy) is 2. The Labute approximate surface area is 199 Å². The standard InChI is InChI=1S/C23H32O2S2.2C2H6/c1-21(2)13-24-20(25-14-21)19-10-9-18(27-19)17-8-7-16(26-17)15-11-22(3,4)23(5,6)12-15;2*1-2/h7-10,15,20H,11-14H2,1-6H3;2*1-2H3. The van der Waals surface area contributed by atoms with E-state index in [2.05, 4.69) is 65.8 Å². The van der Waals surface area contributed by atoms with Gasteiger partial charge >= 0.3 is 0 Å². The maximum absolute atomic E-state index is 5.95.